The van der Waals surface area contributed by atoms with Crippen LogP contribution in [0.1, 0.15) is 25.1 Å². The highest BCUT2D eigenvalue weighted by Crippen LogP contribution is 2.12. The first-order chi connectivity index (χ1) is 8.49. The monoisotopic (exact) mass is 269 g/mol. The van der Waals surface area contributed by atoms with E-state index in [1.165, 1.54) is 11.3 Å². The van der Waals surface area contributed by atoms with Crippen molar-refractivity contribution in [2.75, 3.05) is 6.54 Å². The lowest BCUT2D eigenvalue weighted by molar-refractivity contribution is -0.142. The molecule has 1 aromatic heterocycles. The van der Waals surface area contributed by atoms with Crippen LogP contribution in [-0.4, -0.2) is 23.5 Å². The molecular weight excluding hydrogens is 250 g/mol. The highest BCUT2D eigenvalue weighted by Gasteiger charge is 2.19. The summed E-state index contributed by atoms with van der Waals surface area (Å²) < 4.78 is 0. The Labute approximate surface area is 111 Å². The average molecular weight is 269 g/mol. The molecule has 0 bridgehead atoms. The van der Waals surface area contributed by atoms with Gasteiger partial charge >= 0.3 is 5.97 Å². The van der Waals surface area contributed by atoms with Gasteiger partial charge in [0.15, 0.2) is 0 Å². The van der Waals surface area contributed by atoms with E-state index in [2.05, 4.69) is 5.32 Å². The number of carboxylic acids is 1. The normalized spacial score (nSPS) is 12.4. The molecule has 2 N–H and O–H groups in total. The van der Waals surface area contributed by atoms with Gasteiger partial charge in [-0.25, -0.2) is 0 Å². The van der Waals surface area contributed by atoms with Crippen molar-refractivity contribution in [2.45, 2.75) is 26.7 Å². The molecule has 0 aromatic carbocycles. The Morgan fingerprint density at radius 2 is 2.17 bits per heavy atom. The van der Waals surface area contributed by atoms with Crippen molar-refractivity contribution in [1.29, 1.82) is 0 Å². The SMILES string of the molecule is CC(C)C[C@H](CNC(=O)Cc1cccs1)C(=O)O. The molecule has 1 aromatic rings. The maximum atomic E-state index is 11.6. The lowest BCUT2D eigenvalue weighted by atomic mass is 9.97. The molecule has 0 aliphatic heterocycles. The number of rotatable bonds is 7. The first kappa shape index (κ1) is 14.7. The minimum absolute atomic E-state index is 0.118. The van der Waals surface area contributed by atoms with Crippen molar-refractivity contribution >= 4 is 23.2 Å². The first-order valence-electron chi connectivity index (χ1n) is 6.01. The largest absolute Gasteiger partial charge is 0.481 e. The molecule has 18 heavy (non-hydrogen) atoms. The zero-order chi connectivity index (χ0) is 13.5. The fourth-order valence-corrected chi connectivity index (χ4v) is 2.41. The Morgan fingerprint density at radius 1 is 1.44 bits per heavy atom. The van der Waals surface area contributed by atoms with E-state index >= 15 is 0 Å². The number of nitrogens with one attached hydrogen (secondary N) is 1. The Morgan fingerprint density at radius 3 is 2.67 bits per heavy atom. The number of hydrogen-bond acceptors (Lipinski definition) is 3. The number of hydrogen-bond donors (Lipinski definition) is 2. The van der Waals surface area contributed by atoms with Gasteiger partial charge in [0.25, 0.3) is 0 Å². The number of amides is 1. The summed E-state index contributed by atoms with van der Waals surface area (Å²) in [4.78, 5) is 23.6. The van der Waals surface area contributed by atoms with Crippen molar-refractivity contribution < 1.29 is 14.7 Å². The van der Waals surface area contributed by atoms with Gasteiger partial charge in [0.05, 0.1) is 12.3 Å². The Balaban J connectivity index is 2.37. The summed E-state index contributed by atoms with van der Waals surface area (Å²) in [6.07, 6.45) is 0.903. The van der Waals surface area contributed by atoms with Crippen molar-refractivity contribution in [3.8, 4) is 0 Å². The molecule has 1 amide bonds. The molecule has 5 heteroatoms. The minimum atomic E-state index is -0.847. The maximum absolute atomic E-state index is 11.6. The number of aliphatic carboxylic acids is 1. The molecule has 0 saturated carbocycles. The summed E-state index contributed by atoms with van der Waals surface area (Å²) in [6, 6.07) is 3.79. The molecule has 0 spiro atoms. The molecule has 0 fully saturated rings. The molecule has 1 rings (SSSR count). The lowest BCUT2D eigenvalue weighted by Crippen LogP contribution is -2.34. The predicted octanol–water partition coefficient (Wildman–Crippen LogP) is 2.15. The number of carbonyl (C=O) groups excluding carboxylic acids is 1. The first-order valence-corrected chi connectivity index (χ1v) is 6.89. The van der Waals surface area contributed by atoms with E-state index < -0.39 is 11.9 Å². The third kappa shape index (κ3) is 5.31. The summed E-state index contributed by atoms with van der Waals surface area (Å²) in [7, 11) is 0. The van der Waals surface area contributed by atoms with Crippen LogP contribution in [0.4, 0.5) is 0 Å². The Bertz CT molecular complexity index is 387. The summed E-state index contributed by atoms with van der Waals surface area (Å²) in [5.74, 6) is -1.16. The second-order valence-corrected chi connectivity index (χ2v) is 5.76. The van der Waals surface area contributed by atoms with Gasteiger partial charge in [-0.15, -0.1) is 11.3 Å². The van der Waals surface area contributed by atoms with Gasteiger partial charge < -0.3 is 10.4 Å². The molecule has 0 radical (unpaired) electrons. The van der Waals surface area contributed by atoms with E-state index in [1.807, 2.05) is 31.4 Å². The Kier molecular flexibility index (Phi) is 5.85. The number of thiophene rings is 1. The van der Waals surface area contributed by atoms with Gasteiger partial charge in [-0.2, -0.15) is 0 Å². The molecule has 0 unspecified atom stereocenters. The zero-order valence-electron chi connectivity index (χ0n) is 10.7. The second-order valence-electron chi connectivity index (χ2n) is 4.72. The van der Waals surface area contributed by atoms with Gasteiger partial charge in [0.1, 0.15) is 0 Å². The summed E-state index contributed by atoms with van der Waals surface area (Å²) in [6.45, 7) is 4.16. The fourth-order valence-electron chi connectivity index (χ4n) is 1.71. The van der Waals surface area contributed by atoms with Crippen LogP contribution in [0.5, 0.6) is 0 Å². The van der Waals surface area contributed by atoms with E-state index in [0.29, 0.717) is 18.8 Å². The third-order valence-corrected chi connectivity index (χ3v) is 3.44. The number of carboxylic acid groups (broad SMARTS) is 1. The Hall–Kier alpha value is -1.36. The molecule has 1 heterocycles. The quantitative estimate of drug-likeness (QED) is 0.797. The van der Waals surface area contributed by atoms with Crippen molar-refractivity contribution in [1.82, 2.24) is 5.32 Å². The number of carbonyl (C=O) groups is 2. The second kappa shape index (κ2) is 7.16. The highest BCUT2D eigenvalue weighted by atomic mass is 32.1. The van der Waals surface area contributed by atoms with Crippen LogP contribution >= 0.6 is 11.3 Å². The van der Waals surface area contributed by atoms with Crippen LogP contribution in [0.2, 0.25) is 0 Å². The van der Waals surface area contributed by atoms with Crippen LogP contribution in [0, 0.1) is 11.8 Å². The smallest absolute Gasteiger partial charge is 0.308 e. The van der Waals surface area contributed by atoms with Crippen molar-refractivity contribution in [2.24, 2.45) is 11.8 Å². The third-order valence-electron chi connectivity index (χ3n) is 2.57. The minimum Gasteiger partial charge on any atom is -0.481 e. The van der Waals surface area contributed by atoms with Crippen molar-refractivity contribution in [3.63, 3.8) is 0 Å². The molecule has 4 nitrogen and oxygen atoms in total. The van der Waals surface area contributed by atoms with E-state index in [4.69, 9.17) is 5.11 Å². The van der Waals surface area contributed by atoms with Gasteiger partial charge in [0.2, 0.25) is 5.91 Å². The maximum Gasteiger partial charge on any atom is 0.308 e. The van der Waals surface area contributed by atoms with Gasteiger partial charge in [0, 0.05) is 11.4 Å². The van der Waals surface area contributed by atoms with Crippen LogP contribution in [0.15, 0.2) is 17.5 Å². The average Bonchev–Trinajstić information content (AvgIpc) is 2.76. The predicted molar refractivity (Wildman–Crippen MR) is 71.6 cm³/mol. The van der Waals surface area contributed by atoms with E-state index in [-0.39, 0.29) is 12.5 Å². The van der Waals surface area contributed by atoms with Crippen LogP contribution in [0.3, 0.4) is 0 Å². The highest BCUT2D eigenvalue weighted by molar-refractivity contribution is 7.10. The lowest BCUT2D eigenvalue weighted by Gasteiger charge is -2.15. The van der Waals surface area contributed by atoms with E-state index in [0.717, 1.165) is 4.88 Å². The fraction of sp³-hybridized carbons (Fsp3) is 0.538. The van der Waals surface area contributed by atoms with Gasteiger partial charge in [-0.3, -0.25) is 9.59 Å². The molecule has 0 saturated heterocycles. The topological polar surface area (TPSA) is 66.4 Å². The molecule has 1 atom stereocenters. The van der Waals surface area contributed by atoms with Crippen LogP contribution in [-0.2, 0) is 16.0 Å². The summed E-state index contributed by atoms with van der Waals surface area (Å²) in [5, 5.41) is 13.7. The van der Waals surface area contributed by atoms with Crippen LogP contribution in [0.25, 0.3) is 0 Å². The van der Waals surface area contributed by atoms with E-state index in [1.54, 1.807) is 0 Å². The van der Waals surface area contributed by atoms with Gasteiger partial charge in [-0.1, -0.05) is 19.9 Å². The molecule has 0 aliphatic rings. The van der Waals surface area contributed by atoms with Crippen LogP contribution < -0.4 is 5.32 Å². The van der Waals surface area contributed by atoms with Crippen molar-refractivity contribution in [3.05, 3.63) is 22.4 Å². The molecule has 0 aliphatic carbocycles. The van der Waals surface area contributed by atoms with E-state index in [9.17, 15) is 9.59 Å². The standard InChI is InChI=1S/C13H19NO3S/c1-9(2)6-10(13(16)17)8-14-12(15)7-11-4-3-5-18-11/h3-5,9-10H,6-8H2,1-2H3,(H,14,15)(H,16,17)/t10-/m1/s1. The van der Waals surface area contributed by atoms with Gasteiger partial charge in [-0.05, 0) is 23.8 Å². The summed E-state index contributed by atoms with van der Waals surface area (Å²) >= 11 is 1.53. The molecule has 100 valence electrons. The summed E-state index contributed by atoms with van der Waals surface area (Å²) in [5.41, 5.74) is 0. The molecular formula is C13H19NO3S. The zero-order valence-corrected chi connectivity index (χ0v) is 11.5.